The molecule has 0 aromatic heterocycles. The maximum Gasteiger partial charge on any atom is 0.150 e. The number of carbonyl (C=O) groups is 1. The van der Waals surface area contributed by atoms with Gasteiger partial charge in [0.1, 0.15) is 5.78 Å². The fourth-order valence-corrected chi connectivity index (χ4v) is 0.423. The average molecular weight is 125 g/mol. The molecule has 0 spiro atoms. The van der Waals surface area contributed by atoms with Gasteiger partial charge in [-0.15, -0.1) is 12.3 Å². The number of rotatable bonds is 3. The molecule has 1 atom stereocenters. The van der Waals surface area contributed by atoms with Crippen LogP contribution in [0.2, 0.25) is 0 Å². The van der Waals surface area contributed by atoms with E-state index in [2.05, 4.69) is 5.92 Å². The molecule has 0 saturated heterocycles. The summed E-state index contributed by atoms with van der Waals surface area (Å²) >= 11 is 0. The standard InChI is InChI=1S/C7H11NO/c1-3-4-5-7(9)6(2)8/h1,6H,4-5,8H2,2H3. The molecule has 0 rings (SSSR count). The lowest BCUT2D eigenvalue weighted by atomic mass is 10.1. The van der Waals surface area contributed by atoms with E-state index in [1.807, 2.05) is 0 Å². The summed E-state index contributed by atoms with van der Waals surface area (Å²) in [5, 5.41) is 0. The van der Waals surface area contributed by atoms with Gasteiger partial charge in [0.15, 0.2) is 0 Å². The summed E-state index contributed by atoms with van der Waals surface area (Å²) in [7, 11) is 0. The van der Waals surface area contributed by atoms with E-state index < -0.39 is 0 Å². The predicted molar refractivity (Wildman–Crippen MR) is 36.7 cm³/mol. The van der Waals surface area contributed by atoms with Crippen LogP contribution in [0, 0.1) is 12.3 Å². The molecule has 0 amide bonds. The van der Waals surface area contributed by atoms with Gasteiger partial charge < -0.3 is 5.73 Å². The van der Waals surface area contributed by atoms with E-state index in [0.717, 1.165) is 0 Å². The average Bonchev–Trinajstić information content (AvgIpc) is 1.82. The Morgan fingerprint density at radius 3 is 2.78 bits per heavy atom. The molecule has 0 radical (unpaired) electrons. The zero-order valence-electron chi connectivity index (χ0n) is 5.55. The minimum absolute atomic E-state index is 0.0351. The monoisotopic (exact) mass is 125 g/mol. The third-order valence-corrected chi connectivity index (χ3v) is 1.02. The van der Waals surface area contributed by atoms with E-state index in [1.165, 1.54) is 0 Å². The Balaban J connectivity index is 3.42. The molecule has 0 fully saturated rings. The molecule has 0 heterocycles. The van der Waals surface area contributed by atoms with Crippen molar-refractivity contribution in [3.8, 4) is 12.3 Å². The summed E-state index contributed by atoms with van der Waals surface area (Å²) in [6, 6.07) is -0.363. The van der Waals surface area contributed by atoms with Crippen molar-refractivity contribution in [3.05, 3.63) is 0 Å². The van der Waals surface area contributed by atoms with E-state index in [9.17, 15) is 4.79 Å². The summed E-state index contributed by atoms with van der Waals surface area (Å²) in [6.07, 6.45) is 5.85. The first-order valence-corrected chi connectivity index (χ1v) is 2.90. The second-order valence-electron chi connectivity index (χ2n) is 1.96. The third kappa shape index (κ3) is 3.75. The molecule has 0 saturated carbocycles. The predicted octanol–water partition coefficient (Wildman–Crippen LogP) is 0.316. The van der Waals surface area contributed by atoms with Crippen LogP contribution in [0.5, 0.6) is 0 Å². The molecule has 2 nitrogen and oxygen atoms in total. The first kappa shape index (κ1) is 8.19. The van der Waals surface area contributed by atoms with Crippen LogP contribution < -0.4 is 5.73 Å². The van der Waals surface area contributed by atoms with Gasteiger partial charge in [0, 0.05) is 12.8 Å². The fourth-order valence-electron chi connectivity index (χ4n) is 0.423. The minimum atomic E-state index is -0.363. The van der Waals surface area contributed by atoms with E-state index in [4.69, 9.17) is 12.2 Å². The van der Waals surface area contributed by atoms with Crippen LogP contribution in [0.3, 0.4) is 0 Å². The topological polar surface area (TPSA) is 43.1 Å². The van der Waals surface area contributed by atoms with Gasteiger partial charge in [-0.05, 0) is 6.92 Å². The van der Waals surface area contributed by atoms with Gasteiger partial charge in [-0.25, -0.2) is 0 Å². The summed E-state index contributed by atoms with van der Waals surface area (Å²) in [5.74, 6) is 2.41. The van der Waals surface area contributed by atoms with E-state index >= 15 is 0 Å². The Labute approximate surface area is 55.4 Å². The number of ketones is 1. The smallest absolute Gasteiger partial charge is 0.150 e. The Kier molecular flexibility index (Phi) is 3.74. The lowest BCUT2D eigenvalue weighted by molar-refractivity contribution is -0.119. The number of carbonyl (C=O) groups excluding carboxylic acids is 1. The van der Waals surface area contributed by atoms with Gasteiger partial charge >= 0.3 is 0 Å². The van der Waals surface area contributed by atoms with Crippen LogP contribution in [-0.4, -0.2) is 11.8 Å². The lowest BCUT2D eigenvalue weighted by Gasteiger charge is -1.99. The van der Waals surface area contributed by atoms with Crippen molar-refractivity contribution < 1.29 is 4.79 Å². The van der Waals surface area contributed by atoms with Crippen LogP contribution in [0.25, 0.3) is 0 Å². The first-order valence-electron chi connectivity index (χ1n) is 2.90. The van der Waals surface area contributed by atoms with Crippen molar-refractivity contribution >= 4 is 5.78 Å². The highest BCUT2D eigenvalue weighted by molar-refractivity contribution is 5.83. The van der Waals surface area contributed by atoms with Gasteiger partial charge in [-0.1, -0.05) is 0 Å². The normalized spacial score (nSPS) is 12.1. The lowest BCUT2D eigenvalue weighted by Crippen LogP contribution is -2.26. The third-order valence-electron chi connectivity index (χ3n) is 1.02. The number of terminal acetylenes is 1. The van der Waals surface area contributed by atoms with E-state index in [0.29, 0.717) is 12.8 Å². The van der Waals surface area contributed by atoms with E-state index in [-0.39, 0.29) is 11.8 Å². The molecule has 0 aromatic rings. The van der Waals surface area contributed by atoms with Crippen molar-refractivity contribution in [1.29, 1.82) is 0 Å². The molecule has 0 aromatic carbocycles. The molecule has 2 heteroatoms. The Morgan fingerprint density at radius 1 is 1.89 bits per heavy atom. The van der Waals surface area contributed by atoms with Crippen LogP contribution >= 0.6 is 0 Å². The molecule has 0 aliphatic rings. The summed E-state index contributed by atoms with van der Waals surface area (Å²) < 4.78 is 0. The highest BCUT2D eigenvalue weighted by atomic mass is 16.1. The molecule has 0 aliphatic carbocycles. The van der Waals surface area contributed by atoms with Crippen molar-refractivity contribution in [2.24, 2.45) is 5.73 Å². The van der Waals surface area contributed by atoms with Gasteiger partial charge in [0.05, 0.1) is 6.04 Å². The Bertz CT molecular complexity index is 132. The Morgan fingerprint density at radius 2 is 2.44 bits per heavy atom. The molecule has 0 aliphatic heterocycles. The zero-order valence-corrected chi connectivity index (χ0v) is 5.55. The number of hydrogen-bond acceptors (Lipinski definition) is 2. The number of nitrogens with two attached hydrogens (primary N) is 1. The molecule has 1 unspecified atom stereocenters. The van der Waals surface area contributed by atoms with Crippen LogP contribution in [0.4, 0.5) is 0 Å². The van der Waals surface area contributed by atoms with Gasteiger partial charge in [0.2, 0.25) is 0 Å². The zero-order chi connectivity index (χ0) is 7.28. The molecule has 9 heavy (non-hydrogen) atoms. The summed E-state index contributed by atoms with van der Waals surface area (Å²) in [5.41, 5.74) is 5.26. The molecular formula is C7H11NO. The highest BCUT2D eigenvalue weighted by Crippen LogP contribution is 1.91. The van der Waals surface area contributed by atoms with E-state index in [1.54, 1.807) is 6.92 Å². The maximum absolute atomic E-state index is 10.7. The van der Waals surface area contributed by atoms with Gasteiger partial charge in [-0.2, -0.15) is 0 Å². The summed E-state index contributed by atoms with van der Waals surface area (Å²) in [4.78, 5) is 10.7. The van der Waals surface area contributed by atoms with Crippen LogP contribution in [-0.2, 0) is 4.79 Å². The molecule has 2 N–H and O–H groups in total. The van der Waals surface area contributed by atoms with Crippen molar-refractivity contribution in [3.63, 3.8) is 0 Å². The number of hydrogen-bond donors (Lipinski definition) is 1. The maximum atomic E-state index is 10.7. The van der Waals surface area contributed by atoms with Crippen molar-refractivity contribution in [2.75, 3.05) is 0 Å². The first-order chi connectivity index (χ1) is 4.18. The molecule has 0 bridgehead atoms. The minimum Gasteiger partial charge on any atom is -0.322 e. The highest BCUT2D eigenvalue weighted by Gasteiger charge is 2.04. The van der Waals surface area contributed by atoms with Crippen molar-refractivity contribution in [1.82, 2.24) is 0 Å². The van der Waals surface area contributed by atoms with Crippen LogP contribution in [0.15, 0.2) is 0 Å². The quantitative estimate of drug-likeness (QED) is 0.552. The number of Topliss-reactive ketones (excluding diaryl/α,β-unsaturated/α-hetero) is 1. The second-order valence-corrected chi connectivity index (χ2v) is 1.96. The van der Waals surface area contributed by atoms with Crippen LogP contribution in [0.1, 0.15) is 19.8 Å². The van der Waals surface area contributed by atoms with Crippen molar-refractivity contribution in [2.45, 2.75) is 25.8 Å². The van der Waals surface area contributed by atoms with Gasteiger partial charge in [0.25, 0.3) is 0 Å². The molecular weight excluding hydrogens is 114 g/mol. The largest absolute Gasteiger partial charge is 0.322 e. The van der Waals surface area contributed by atoms with Gasteiger partial charge in [-0.3, -0.25) is 4.79 Å². The SMILES string of the molecule is C#CCCC(=O)C(C)N. The fraction of sp³-hybridized carbons (Fsp3) is 0.571. The second kappa shape index (κ2) is 4.11. The Hall–Kier alpha value is -0.810. The molecule has 50 valence electrons. The summed E-state index contributed by atoms with van der Waals surface area (Å²) in [6.45, 7) is 1.67.